The van der Waals surface area contributed by atoms with E-state index in [0.29, 0.717) is 0 Å². The second-order valence-corrected chi connectivity index (χ2v) is 4.29. The Morgan fingerprint density at radius 3 is 2.50 bits per heavy atom. The van der Waals surface area contributed by atoms with Gasteiger partial charge in [0.15, 0.2) is 4.90 Å². The monoisotopic (exact) mass is 182 g/mol. The Morgan fingerprint density at radius 1 is 1.25 bits per heavy atom. The van der Waals surface area contributed by atoms with Crippen molar-refractivity contribution in [2.45, 2.75) is 24.7 Å². The largest absolute Gasteiger partial charge is 0.611 e. The van der Waals surface area contributed by atoms with E-state index >= 15 is 0 Å². The van der Waals surface area contributed by atoms with Crippen LogP contribution < -0.4 is 0 Å². The van der Waals surface area contributed by atoms with E-state index in [4.69, 9.17) is 0 Å². The molecule has 0 aliphatic rings. The van der Waals surface area contributed by atoms with Gasteiger partial charge in [0.1, 0.15) is 5.75 Å². The summed E-state index contributed by atoms with van der Waals surface area (Å²) in [6.07, 6.45) is 2.15. The van der Waals surface area contributed by atoms with Gasteiger partial charge in [0.25, 0.3) is 0 Å². The van der Waals surface area contributed by atoms with Gasteiger partial charge >= 0.3 is 0 Å². The van der Waals surface area contributed by atoms with Crippen molar-refractivity contribution in [2.24, 2.45) is 0 Å². The lowest BCUT2D eigenvalue weighted by Gasteiger charge is -2.08. The van der Waals surface area contributed by atoms with Crippen LogP contribution in [0.3, 0.4) is 0 Å². The first-order valence-electron chi connectivity index (χ1n) is 4.28. The van der Waals surface area contributed by atoms with Gasteiger partial charge in [-0.2, -0.15) is 0 Å². The summed E-state index contributed by atoms with van der Waals surface area (Å²) in [4.78, 5) is 0.950. The Kier molecular flexibility index (Phi) is 4.19. The predicted octanol–water partition coefficient (Wildman–Crippen LogP) is 2.59. The van der Waals surface area contributed by atoms with Crippen molar-refractivity contribution in [2.75, 3.05) is 5.75 Å². The van der Waals surface area contributed by atoms with Crippen molar-refractivity contribution in [1.82, 2.24) is 0 Å². The summed E-state index contributed by atoms with van der Waals surface area (Å²) < 4.78 is 11.5. The summed E-state index contributed by atoms with van der Waals surface area (Å²) in [6, 6.07) is 9.65. The molecule has 0 spiro atoms. The number of unbranched alkanes of at least 4 members (excludes halogenated alkanes) is 1. The summed E-state index contributed by atoms with van der Waals surface area (Å²) >= 11 is -0.783. The van der Waals surface area contributed by atoms with E-state index < -0.39 is 11.2 Å². The normalized spacial score (nSPS) is 12.8. The molecule has 0 heterocycles. The second kappa shape index (κ2) is 5.22. The van der Waals surface area contributed by atoms with Gasteiger partial charge < -0.3 is 4.55 Å². The van der Waals surface area contributed by atoms with Crippen LogP contribution in [0.5, 0.6) is 0 Å². The van der Waals surface area contributed by atoms with Crippen LogP contribution in [0.1, 0.15) is 19.8 Å². The number of hydrogen-bond donors (Lipinski definition) is 0. The molecule has 0 bridgehead atoms. The third kappa shape index (κ3) is 2.88. The lowest BCUT2D eigenvalue weighted by atomic mass is 10.4. The minimum Gasteiger partial charge on any atom is -0.611 e. The maximum Gasteiger partial charge on any atom is 0.152 e. The third-order valence-electron chi connectivity index (χ3n) is 1.69. The molecule has 1 rings (SSSR count). The predicted molar refractivity (Wildman–Crippen MR) is 52.6 cm³/mol. The average molecular weight is 182 g/mol. The molecule has 66 valence electrons. The molecule has 0 amide bonds. The van der Waals surface area contributed by atoms with Crippen molar-refractivity contribution in [1.29, 1.82) is 0 Å². The molecule has 2 heteroatoms. The molecule has 1 atom stereocenters. The van der Waals surface area contributed by atoms with E-state index in [0.717, 1.165) is 23.5 Å². The molecule has 12 heavy (non-hydrogen) atoms. The summed E-state index contributed by atoms with van der Waals surface area (Å²) in [5, 5.41) is 0. The standard InChI is InChI=1S/C10H14OS/c1-2-3-9-12(11)10-7-5-4-6-8-10/h4-8H,2-3,9H2,1H3/t12-/m0/s1. The second-order valence-electron chi connectivity index (χ2n) is 2.72. The first-order chi connectivity index (χ1) is 5.84. The van der Waals surface area contributed by atoms with Crippen LogP contribution in [0.4, 0.5) is 0 Å². The minimum atomic E-state index is -0.783. The van der Waals surface area contributed by atoms with Crippen LogP contribution in [0, 0.1) is 0 Å². The lowest BCUT2D eigenvalue weighted by molar-refractivity contribution is 0.591. The van der Waals surface area contributed by atoms with Crippen molar-refractivity contribution in [3.63, 3.8) is 0 Å². The molecule has 0 saturated heterocycles. The quantitative estimate of drug-likeness (QED) is 0.656. The van der Waals surface area contributed by atoms with Gasteiger partial charge in [0, 0.05) is 0 Å². The highest BCUT2D eigenvalue weighted by Crippen LogP contribution is 2.11. The van der Waals surface area contributed by atoms with Gasteiger partial charge in [-0.25, -0.2) is 0 Å². The van der Waals surface area contributed by atoms with Crippen molar-refractivity contribution >= 4 is 11.2 Å². The third-order valence-corrected chi connectivity index (χ3v) is 3.15. The summed E-state index contributed by atoms with van der Waals surface area (Å²) in [5.74, 6) is 0.792. The lowest BCUT2D eigenvalue weighted by Crippen LogP contribution is -2.05. The topological polar surface area (TPSA) is 23.1 Å². The molecular formula is C10H14OS. The van der Waals surface area contributed by atoms with Gasteiger partial charge in [0.2, 0.25) is 0 Å². The van der Waals surface area contributed by atoms with Crippen LogP contribution >= 0.6 is 0 Å². The maximum absolute atomic E-state index is 11.5. The zero-order valence-corrected chi connectivity index (χ0v) is 8.14. The SMILES string of the molecule is CCCC[S@+]([O-])c1ccccc1. The van der Waals surface area contributed by atoms with Crippen LogP contribution in [-0.2, 0) is 11.2 Å². The Labute approximate surface area is 77.0 Å². The number of rotatable bonds is 4. The molecule has 0 radical (unpaired) electrons. The Morgan fingerprint density at radius 2 is 1.92 bits per heavy atom. The maximum atomic E-state index is 11.5. The van der Waals surface area contributed by atoms with E-state index in [-0.39, 0.29) is 0 Å². The molecule has 0 fully saturated rings. The van der Waals surface area contributed by atoms with Gasteiger partial charge in [-0.15, -0.1) is 0 Å². The van der Waals surface area contributed by atoms with Gasteiger partial charge in [-0.1, -0.05) is 31.5 Å². The zero-order chi connectivity index (χ0) is 8.81. The van der Waals surface area contributed by atoms with Crippen LogP contribution in [0.2, 0.25) is 0 Å². The van der Waals surface area contributed by atoms with Crippen molar-refractivity contribution in [3.8, 4) is 0 Å². The van der Waals surface area contributed by atoms with E-state index in [1.807, 2.05) is 30.3 Å². The van der Waals surface area contributed by atoms with E-state index in [2.05, 4.69) is 6.92 Å². The fourth-order valence-corrected chi connectivity index (χ4v) is 2.21. The van der Waals surface area contributed by atoms with E-state index in [9.17, 15) is 4.55 Å². The van der Waals surface area contributed by atoms with Gasteiger partial charge in [-0.05, 0) is 29.7 Å². The molecule has 0 unspecified atom stereocenters. The Hall–Kier alpha value is -0.470. The van der Waals surface area contributed by atoms with Crippen LogP contribution in [0.25, 0.3) is 0 Å². The van der Waals surface area contributed by atoms with Gasteiger partial charge in [0.05, 0.1) is 0 Å². The highest BCUT2D eigenvalue weighted by Gasteiger charge is 2.07. The molecule has 1 aromatic rings. The fourth-order valence-electron chi connectivity index (χ4n) is 0.966. The molecule has 0 aliphatic carbocycles. The molecular weight excluding hydrogens is 168 g/mol. The van der Waals surface area contributed by atoms with Crippen LogP contribution in [0.15, 0.2) is 35.2 Å². The minimum absolute atomic E-state index is 0.783. The number of hydrogen-bond acceptors (Lipinski definition) is 1. The molecule has 0 saturated carbocycles. The first kappa shape index (κ1) is 9.62. The fraction of sp³-hybridized carbons (Fsp3) is 0.400. The molecule has 0 aromatic heterocycles. The highest BCUT2D eigenvalue weighted by molar-refractivity contribution is 7.91. The Balaban J connectivity index is 2.48. The first-order valence-corrected chi connectivity index (χ1v) is 5.60. The average Bonchev–Trinajstić information content (AvgIpc) is 2.15. The molecule has 1 nitrogen and oxygen atoms in total. The summed E-state index contributed by atoms with van der Waals surface area (Å²) in [5.41, 5.74) is 0. The summed E-state index contributed by atoms with van der Waals surface area (Å²) in [6.45, 7) is 2.11. The smallest absolute Gasteiger partial charge is 0.152 e. The molecule has 0 N–H and O–H groups in total. The van der Waals surface area contributed by atoms with Crippen molar-refractivity contribution in [3.05, 3.63) is 30.3 Å². The molecule has 0 aliphatic heterocycles. The van der Waals surface area contributed by atoms with E-state index in [1.165, 1.54) is 0 Å². The summed E-state index contributed by atoms with van der Waals surface area (Å²) in [7, 11) is 0. The number of benzene rings is 1. The zero-order valence-electron chi connectivity index (χ0n) is 7.32. The van der Waals surface area contributed by atoms with Crippen molar-refractivity contribution < 1.29 is 4.55 Å². The van der Waals surface area contributed by atoms with Crippen LogP contribution in [-0.4, -0.2) is 10.3 Å². The Bertz CT molecular complexity index is 210. The van der Waals surface area contributed by atoms with E-state index in [1.54, 1.807) is 0 Å². The van der Waals surface area contributed by atoms with Gasteiger partial charge in [-0.3, -0.25) is 0 Å². The molecule has 1 aromatic carbocycles. The highest BCUT2D eigenvalue weighted by atomic mass is 32.2.